The third kappa shape index (κ3) is 4.19. The number of benzene rings is 1. The second-order valence-electron chi connectivity index (χ2n) is 5.41. The van der Waals surface area contributed by atoms with Gasteiger partial charge in [0, 0.05) is 0 Å². The SMILES string of the molecule is CCc1ncnc(NCC(C)Oc2ccc(C)cc2C)c1Br. The minimum absolute atomic E-state index is 0.0355. The van der Waals surface area contributed by atoms with E-state index in [0.29, 0.717) is 6.54 Å². The first-order valence-electron chi connectivity index (χ1n) is 7.48. The zero-order valence-corrected chi connectivity index (χ0v) is 15.1. The first-order chi connectivity index (χ1) is 10.5. The number of ether oxygens (including phenoxy) is 1. The highest BCUT2D eigenvalue weighted by atomic mass is 79.9. The Kier molecular flexibility index (Phi) is 5.77. The van der Waals surface area contributed by atoms with Gasteiger partial charge >= 0.3 is 0 Å². The van der Waals surface area contributed by atoms with Gasteiger partial charge in [0.1, 0.15) is 24.0 Å². The Balaban J connectivity index is 1.97. The second-order valence-corrected chi connectivity index (χ2v) is 6.21. The van der Waals surface area contributed by atoms with Gasteiger partial charge in [-0.3, -0.25) is 0 Å². The average Bonchev–Trinajstić information content (AvgIpc) is 2.49. The minimum Gasteiger partial charge on any atom is -0.489 e. The lowest BCUT2D eigenvalue weighted by Gasteiger charge is -2.18. The van der Waals surface area contributed by atoms with Crippen LogP contribution in [0.5, 0.6) is 5.75 Å². The summed E-state index contributed by atoms with van der Waals surface area (Å²) in [7, 11) is 0. The van der Waals surface area contributed by atoms with E-state index in [1.807, 2.05) is 13.0 Å². The summed E-state index contributed by atoms with van der Waals surface area (Å²) < 4.78 is 6.92. The maximum Gasteiger partial charge on any atom is 0.144 e. The zero-order chi connectivity index (χ0) is 16.1. The number of anilines is 1. The molecule has 0 aliphatic carbocycles. The van der Waals surface area contributed by atoms with Crippen molar-refractivity contribution in [2.45, 2.75) is 40.2 Å². The van der Waals surface area contributed by atoms with Crippen LogP contribution in [0.25, 0.3) is 0 Å². The van der Waals surface area contributed by atoms with E-state index in [-0.39, 0.29) is 6.10 Å². The van der Waals surface area contributed by atoms with E-state index in [1.165, 1.54) is 5.56 Å². The van der Waals surface area contributed by atoms with Crippen molar-refractivity contribution in [2.24, 2.45) is 0 Å². The van der Waals surface area contributed by atoms with E-state index in [2.05, 4.69) is 64.1 Å². The lowest BCUT2D eigenvalue weighted by atomic mass is 10.1. The number of rotatable bonds is 6. The van der Waals surface area contributed by atoms with Gasteiger partial charge in [-0.2, -0.15) is 0 Å². The predicted molar refractivity (Wildman–Crippen MR) is 93.6 cm³/mol. The second kappa shape index (κ2) is 7.58. The smallest absolute Gasteiger partial charge is 0.144 e. The Morgan fingerprint density at radius 2 is 2.05 bits per heavy atom. The molecule has 0 spiro atoms. The Labute approximate surface area is 140 Å². The molecule has 5 heteroatoms. The van der Waals surface area contributed by atoms with E-state index in [9.17, 15) is 0 Å². The standard InChI is InChI=1S/C17H22BrN3O/c1-5-14-16(18)17(21-10-20-14)19-9-13(4)22-15-7-6-11(2)8-12(15)3/h6-8,10,13H,5,9H2,1-4H3,(H,19,20,21). The normalized spacial score (nSPS) is 12.0. The average molecular weight is 364 g/mol. The number of nitrogens with zero attached hydrogens (tertiary/aromatic N) is 2. The molecule has 0 radical (unpaired) electrons. The molecule has 1 aromatic heterocycles. The van der Waals surface area contributed by atoms with E-state index in [0.717, 1.165) is 33.7 Å². The van der Waals surface area contributed by atoms with Crippen LogP contribution in [0.4, 0.5) is 5.82 Å². The van der Waals surface area contributed by atoms with Gasteiger partial charge in [-0.05, 0) is 54.8 Å². The maximum atomic E-state index is 6.00. The van der Waals surface area contributed by atoms with Crippen LogP contribution in [0.1, 0.15) is 30.7 Å². The zero-order valence-electron chi connectivity index (χ0n) is 13.5. The molecular formula is C17H22BrN3O. The van der Waals surface area contributed by atoms with E-state index >= 15 is 0 Å². The van der Waals surface area contributed by atoms with Crippen molar-refractivity contribution in [1.29, 1.82) is 0 Å². The van der Waals surface area contributed by atoms with Gasteiger partial charge in [-0.15, -0.1) is 0 Å². The fourth-order valence-electron chi connectivity index (χ4n) is 2.21. The van der Waals surface area contributed by atoms with Crippen LogP contribution in [-0.2, 0) is 6.42 Å². The van der Waals surface area contributed by atoms with Crippen LogP contribution in [-0.4, -0.2) is 22.6 Å². The maximum absolute atomic E-state index is 6.00. The van der Waals surface area contributed by atoms with E-state index in [1.54, 1.807) is 6.33 Å². The van der Waals surface area contributed by atoms with Gasteiger partial charge in [0.15, 0.2) is 0 Å². The molecule has 0 saturated carbocycles. The summed E-state index contributed by atoms with van der Waals surface area (Å²) in [5.74, 6) is 1.74. The van der Waals surface area contributed by atoms with Gasteiger partial charge in [-0.1, -0.05) is 24.6 Å². The molecule has 0 fully saturated rings. The summed E-state index contributed by atoms with van der Waals surface area (Å²) in [6, 6.07) is 6.22. The number of aryl methyl sites for hydroxylation is 3. The largest absolute Gasteiger partial charge is 0.489 e. The number of halogens is 1. The quantitative estimate of drug-likeness (QED) is 0.830. The molecule has 0 aliphatic rings. The topological polar surface area (TPSA) is 47.0 Å². The fraction of sp³-hybridized carbons (Fsp3) is 0.412. The van der Waals surface area contributed by atoms with Crippen LogP contribution < -0.4 is 10.1 Å². The molecule has 1 heterocycles. The van der Waals surface area contributed by atoms with Crippen LogP contribution >= 0.6 is 15.9 Å². The van der Waals surface area contributed by atoms with Crippen molar-refractivity contribution in [3.8, 4) is 5.75 Å². The van der Waals surface area contributed by atoms with Crippen molar-refractivity contribution in [3.63, 3.8) is 0 Å². The number of nitrogens with one attached hydrogen (secondary N) is 1. The molecular weight excluding hydrogens is 342 g/mol. The number of hydrogen-bond acceptors (Lipinski definition) is 4. The van der Waals surface area contributed by atoms with Crippen molar-refractivity contribution in [1.82, 2.24) is 9.97 Å². The van der Waals surface area contributed by atoms with Crippen LogP contribution in [0.2, 0.25) is 0 Å². The Morgan fingerprint density at radius 1 is 1.27 bits per heavy atom. The molecule has 0 saturated heterocycles. The summed E-state index contributed by atoms with van der Waals surface area (Å²) in [5, 5.41) is 3.32. The van der Waals surface area contributed by atoms with Crippen LogP contribution in [0.15, 0.2) is 29.0 Å². The molecule has 1 atom stereocenters. The highest BCUT2D eigenvalue weighted by Crippen LogP contribution is 2.23. The fourth-order valence-corrected chi connectivity index (χ4v) is 2.83. The summed E-state index contributed by atoms with van der Waals surface area (Å²) in [4.78, 5) is 8.51. The van der Waals surface area contributed by atoms with Crippen molar-refractivity contribution in [3.05, 3.63) is 45.8 Å². The third-order valence-corrected chi connectivity index (χ3v) is 4.25. The van der Waals surface area contributed by atoms with Crippen molar-refractivity contribution < 1.29 is 4.74 Å². The van der Waals surface area contributed by atoms with Crippen LogP contribution in [0.3, 0.4) is 0 Å². The van der Waals surface area contributed by atoms with Crippen molar-refractivity contribution >= 4 is 21.7 Å². The lowest BCUT2D eigenvalue weighted by Crippen LogP contribution is -2.23. The lowest BCUT2D eigenvalue weighted by molar-refractivity contribution is 0.233. The summed E-state index contributed by atoms with van der Waals surface area (Å²) >= 11 is 3.55. The van der Waals surface area contributed by atoms with E-state index < -0.39 is 0 Å². The number of aromatic nitrogens is 2. The highest BCUT2D eigenvalue weighted by Gasteiger charge is 2.10. The Hall–Kier alpha value is -1.62. The summed E-state index contributed by atoms with van der Waals surface area (Å²) in [6.45, 7) is 8.94. The molecule has 0 bridgehead atoms. The van der Waals surface area contributed by atoms with E-state index in [4.69, 9.17) is 4.74 Å². The summed E-state index contributed by atoms with van der Waals surface area (Å²) in [6.07, 6.45) is 2.49. The third-order valence-electron chi connectivity index (χ3n) is 3.41. The summed E-state index contributed by atoms with van der Waals surface area (Å²) in [5.41, 5.74) is 3.40. The van der Waals surface area contributed by atoms with Crippen LogP contribution in [0, 0.1) is 13.8 Å². The monoisotopic (exact) mass is 363 g/mol. The molecule has 0 aliphatic heterocycles. The molecule has 1 aromatic carbocycles. The van der Waals surface area contributed by atoms with Gasteiger partial charge in [-0.25, -0.2) is 9.97 Å². The molecule has 4 nitrogen and oxygen atoms in total. The molecule has 0 amide bonds. The predicted octanol–water partition coefficient (Wildman–Crippen LogP) is 4.30. The first-order valence-corrected chi connectivity index (χ1v) is 8.27. The molecule has 1 N–H and O–H groups in total. The highest BCUT2D eigenvalue weighted by molar-refractivity contribution is 9.10. The molecule has 118 valence electrons. The molecule has 22 heavy (non-hydrogen) atoms. The van der Waals surface area contributed by atoms with Crippen molar-refractivity contribution in [2.75, 3.05) is 11.9 Å². The van der Waals surface area contributed by atoms with Gasteiger partial charge < -0.3 is 10.1 Å². The first kappa shape index (κ1) is 16.7. The van der Waals surface area contributed by atoms with Gasteiger partial charge in [0.05, 0.1) is 16.7 Å². The minimum atomic E-state index is 0.0355. The van der Waals surface area contributed by atoms with Gasteiger partial charge in [0.2, 0.25) is 0 Å². The Morgan fingerprint density at radius 3 is 2.73 bits per heavy atom. The molecule has 2 aromatic rings. The molecule has 1 unspecified atom stereocenters. The molecule has 2 rings (SSSR count). The number of hydrogen-bond donors (Lipinski definition) is 1. The Bertz CT molecular complexity index is 646. The van der Waals surface area contributed by atoms with Gasteiger partial charge in [0.25, 0.3) is 0 Å².